The van der Waals surface area contributed by atoms with Crippen LogP contribution in [0.1, 0.15) is 27.6 Å². The minimum atomic E-state index is -0.343. The number of likely N-dealkylation sites (N-methyl/N-ethyl adjacent to an activating group) is 1. The van der Waals surface area contributed by atoms with Crippen molar-refractivity contribution in [1.29, 1.82) is 0 Å². The number of pyridine rings is 1. The molecule has 0 aliphatic rings. The maximum Gasteiger partial charge on any atom is 0.338 e. The second kappa shape index (κ2) is 10.3. The van der Waals surface area contributed by atoms with E-state index in [0.29, 0.717) is 29.9 Å². The van der Waals surface area contributed by atoms with E-state index >= 15 is 0 Å². The first-order valence-electron chi connectivity index (χ1n) is 11.1. The Labute approximate surface area is 198 Å². The van der Waals surface area contributed by atoms with Gasteiger partial charge in [0.05, 0.1) is 17.9 Å². The summed E-state index contributed by atoms with van der Waals surface area (Å²) in [4.78, 5) is 30.9. The molecule has 174 valence electrons. The largest absolute Gasteiger partial charge is 0.462 e. The highest BCUT2D eigenvalue weighted by Gasteiger charge is 2.13. The highest BCUT2D eigenvalue weighted by atomic mass is 16.5. The van der Waals surface area contributed by atoms with Gasteiger partial charge in [0.2, 0.25) is 0 Å². The average Bonchev–Trinajstić information content (AvgIpc) is 3.27. The standard InChI is InChI=1S/C26H27N5O3/c1-4-34-26(33)20-11-7-18(8-12-20)23-21-13-14-22(28-24(21)30-29-23)17-5-9-19(10-6-17)25(32)27-15-16-31(2)3/h5-14H,4,15-16H2,1-3H3,(H,27,32)(H,28,29,30). The van der Waals surface area contributed by atoms with Crippen LogP contribution in [0.15, 0.2) is 60.7 Å². The summed E-state index contributed by atoms with van der Waals surface area (Å²) in [6.07, 6.45) is 0. The Kier molecular flexibility index (Phi) is 6.98. The molecule has 8 heteroatoms. The van der Waals surface area contributed by atoms with Crippen molar-refractivity contribution in [2.75, 3.05) is 33.8 Å². The first-order valence-corrected chi connectivity index (χ1v) is 11.1. The molecule has 0 spiro atoms. The molecule has 0 aliphatic heterocycles. The van der Waals surface area contributed by atoms with Crippen molar-refractivity contribution in [2.45, 2.75) is 6.92 Å². The third kappa shape index (κ3) is 5.13. The topological polar surface area (TPSA) is 100 Å². The molecule has 0 radical (unpaired) electrons. The number of fused-ring (bicyclic) bond motifs is 1. The van der Waals surface area contributed by atoms with E-state index in [1.165, 1.54) is 0 Å². The van der Waals surface area contributed by atoms with Crippen LogP contribution >= 0.6 is 0 Å². The first-order chi connectivity index (χ1) is 16.5. The summed E-state index contributed by atoms with van der Waals surface area (Å²) in [7, 11) is 3.93. The van der Waals surface area contributed by atoms with Crippen LogP contribution in [-0.4, -0.2) is 65.7 Å². The van der Waals surface area contributed by atoms with E-state index in [1.54, 1.807) is 31.2 Å². The number of benzene rings is 2. The molecule has 0 fully saturated rings. The number of carbonyl (C=O) groups excluding carboxylic acids is 2. The summed E-state index contributed by atoms with van der Waals surface area (Å²) in [5, 5.41) is 11.2. The number of carbonyl (C=O) groups is 2. The Morgan fingerprint density at radius 1 is 0.941 bits per heavy atom. The Morgan fingerprint density at radius 3 is 2.29 bits per heavy atom. The second-order valence-electron chi connectivity index (χ2n) is 8.10. The normalized spacial score (nSPS) is 11.1. The Balaban J connectivity index is 1.51. The lowest BCUT2D eigenvalue weighted by Crippen LogP contribution is -2.31. The van der Waals surface area contributed by atoms with E-state index in [9.17, 15) is 9.59 Å². The number of hydrogen-bond donors (Lipinski definition) is 2. The van der Waals surface area contributed by atoms with E-state index in [4.69, 9.17) is 9.72 Å². The van der Waals surface area contributed by atoms with Gasteiger partial charge >= 0.3 is 5.97 Å². The van der Waals surface area contributed by atoms with Gasteiger partial charge in [-0.25, -0.2) is 9.78 Å². The van der Waals surface area contributed by atoms with Gasteiger partial charge in [-0.15, -0.1) is 0 Å². The summed E-state index contributed by atoms with van der Waals surface area (Å²) in [6, 6.07) is 18.4. The molecule has 34 heavy (non-hydrogen) atoms. The van der Waals surface area contributed by atoms with E-state index in [2.05, 4.69) is 15.5 Å². The van der Waals surface area contributed by atoms with Crippen molar-refractivity contribution in [3.63, 3.8) is 0 Å². The molecular weight excluding hydrogens is 430 g/mol. The number of aromatic nitrogens is 3. The fourth-order valence-corrected chi connectivity index (χ4v) is 3.55. The first kappa shape index (κ1) is 23.1. The molecule has 2 N–H and O–H groups in total. The van der Waals surface area contributed by atoms with Gasteiger partial charge in [0, 0.05) is 35.2 Å². The molecular formula is C26H27N5O3. The van der Waals surface area contributed by atoms with Crippen LogP contribution in [0, 0.1) is 0 Å². The second-order valence-corrected chi connectivity index (χ2v) is 8.10. The zero-order valence-electron chi connectivity index (χ0n) is 19.5. The van der Waals surface area contributed by atoms with E-state index < -0.39 is 0 Å². The summed E-state index contributed by atoms with van der Waals surface area (Å²) in [6.45, 7) is 3.50. The number of esters is 1. The van der Waals surface area contributed by atoms with Gasteiger partial charge in [-0.1, -0.05) is 24.3 Å². The number of hydrogen-bond acceptors (Lipinski definition) is 6. The Morgan fingerprint density at radius 2 is 1.62 bits per heavy atom. The molecule has 0 saturated carbocycles. The van der Waals surface area contributed by atoms with Gasteiger partial charge in [0.15, 0.2) is 5.65 Å². The maximum atomic E-state index is 12.3. The van der Waals surface area contributed by atoms with Crippen LogP contribution in [0.5, 0.6) is 0 Å². The van der Waals surface area contributed by atoms with Gasteiger partial charge in [-0.05, 0) is 57.4 Å². The molecule has 4 rings (SSSR count). The van der Waals surface area contributed by atoms with Crippen molar-refractivity contribution in [3.05, 3.63) is 71.8 Å². The fourth-order valence-electron chi connectivity index (χ4n) is 3.55. The highest BCUT2D eigenvalue weighted by molar-refractivity contribution is 5.95. The van der Waals surface area contributed by atoms with Crippen molar-refractivity contribution >= 4 is 22.9 Å². The van der Waals surface area contributed by atoms with E-state index in [0.717, 1.165) is 34.4 Å². The van der Waals surface area contributed by atoms with Gasteiger partial charge < -0.3 is 15.0 Å². The molecule has 0 atom stereocenters. The van der Waals surface area contributed by atoms with Gasteiger partial charge in [-0.2, -0.15) is 5.10 Å². The third-order valence-electron chi connectivity index (χ3n) is 5.38. The summed E-state index contributed by atoms with van der Waals surface area (Å²) in [5.41, 5.74) is 5.08. The van der Waals surface area contributed by atoms with E-state index in [1.807, 2.05) is 55.4 Å². The molecule has 0 aliphatic carbocycles. The van der Waals surface area contributed by atoms with Crippen LogP contribution < -0.4 is 5.32 Å². The van der Waals surface area contributed by atoms with Crippen LogP contribution in [0.4, 0.5) is 0 Å². The number of nitrogens with zero attached hydrogens (tertiary/aromatic N) is 3. The molecule has 0 bridgehead atoms. The van der Waals surface area contributed by atoms with Gasteiger partial charge in [-0.3, -0.25) is 9.89 Å². The van der Waals surface area contributed by atoms with Crippen molar-refractivity contribution in [1.82, 2.24) is 25.4 Å². The summed E-state index contributed by atoms with van der Waals surface area (Å²) in [5.74, 6) is -0.437. The minimum Gasteiger partial charge on any atom is -0.462 e. The fraction of sp³-hybridized carbons (Fsp3) is 0.231. The number of nitrogens with one attached hydrogen (secondary N) is 2. The van der Waals surface area contributed by atoms with Crippen LogP contribution in [0.3, 0.4) is 0 Å². The molecule has 1 amide bonds. The molecule has 4 aromatic rings. The smallest absolute Gasteiger partial charge is 0.338 e. The summed E-state index contributed by atoms with van der Waals surface area (Å²) >= 11 is 0. The van der Waals surface area contributed by atoms with Crippen LogP contribution in [0.2, 0.25) is 0 Å². The molecule has 2 heterocycles. The molecule has 0 saturated heterocycles. The molecule has 0 unspecified atom stereocenters. The number of H-pyrrole nitrogens is 1. The quantitative estimate of drug-likeness (QED) is 0.391. The zero-order valence-corrected chi connectivity index (χ0v) is 19.5. The maximum absolute atomic E-state index is 12.3. The zero-order chi connectivity index (χ0) is 24.1. The number of ether oxygens (including phenoxy) is 1. The Bertz CT molecular complexity index is 1290. The molecule has 2 aromatic carbocycles. The number of rotatable bonds is 8. The SMILES string of the molecule is CCOC(=O)c1ccc(-c2n[nH]c3nc(-c4ccc(C(=O)NCCN(C)C)cc4)ccc23)cc1. The van der Waals surface area contributed by atoms with E-state index in [-0.39, 0.29) is 11.9 Å². The molecule has 2 aromatic heterocycles. The summed E-state index contributed by atoms with van der Waals surface area (Å²) < 4.78 is 5.04. The molecule has 8 nitrogen and oxygen atoms in total. The predicted molar refractivity (Wildman–Crippen MR) is 132 cm³/mol. The predicted octanol–water partition coefficient (Wildman–Crippen LogP) is 3.76. The van der Waals surface area contributed by atoms with Crippen LogP contribution in [0.25, 0.3) is 33.5 Å². The Hall–Kier alpha value is -4.04. The van der Waals surface area contributed by atoms with Crippen molar-refractivity contribution in [2.24, 2.45) is 0 Å². The van der Waals surface area contributed by atoms with Crippen molar-refractivity contribution < 1.29 is 14.3 Å². The number of aromatic amines is 1. The lowest BCUT2D eigenvalue weighted by molar-refractivity contribution is 0.0526. The monoisotopic (exact) mass is 457 g/mol. The minimum absolute atomic E-state index is 0.0935. The van der Waals surface area contributed by atoms with Crippen molar-refractivity contribution in [3.8, 4) is 22.5 Å². The third-order valence-corrected chi connectivity index (χ3v) is 5.38. The van der Waals surface area contributed by atoms with Gasteiger partial charge in [0.25, 0.3) is 5.91 Å². The van der Waals surface area contributed by atoms with Crippen LogP contribution in [-0.2, 0) is 4.74 Å². The average molecular weight is 458 g/mol. The van der Waals surface area contributed by atoms with Gasteiger partial charge in [0.1, 0.15) is 5.69 Å². The lowest BCUT2D eigenvalue weighted by atomic mass is 10.0. The highest BCUT2D eigenvalue weighted by Crippen LogP contribution is 2.28. The number of amides is 1. The lowest BCUT2D eigenvalue weighted by Gasteiger charge is -2.10.